The van der Waals surface area contributed by atoms with Crippen LogP contribution < -0.4 is 10.6 Å². The van der Waals surface area contributed by atoms with Crippen LogP contribution in [0.5, 0.6) is 0 Å². The summed E-state index contributed by atoms with van der Waals surface area (Å²) in [5.41, 5.74) is 1.38. The van der Waals surface area contributed by atoms with E-state index in [-0.39, 0.29) is 10.9 Å². The van der Waals surface area contributed by atoms with Crippen LogP contribution >= 0.6 is 11.6 Å². The summed E-state index contributed by atoms with van der Waals surface area (Å²) < 4.78 is 12.9. The summed E-state index contributed by atoms with van der Waals surface area (Å²) in [5, 5.41) is 5.64. The maximum Gasteiger partial charge on any atom is 0.257 e. The number of hydrogen-bond acceptors (Lipinski definition) is 3. The zero-order valence-corrected chi connectivity index (χ0v) is 10.8. The van der Waals surface area contributed by atoms with Gasteiger partial charge in [-0.25, -0.2) is 4.39 Å². The Hall–Kier alpha value is -2.14. The Labute approximate surface area is 114 Å². The number of rotatable bonds is 3. The lowest BCUT2D eigenvalue weighted by molar-refractivity contribution is 0.102. The fourth-order valence-electron chi connectivity index (χ4n) is 1.57. The quantitative estimate of drug-likeness (QED) is 0.907. The van der Waals surface area contributed by atoms with Gasteiger partial charge in [-0.3, -0.25) is 9.78 Å². The number of anilines is 2. The van der Waals surface area contributed by atoms with Crippen molar-refractivity contribution in [2.24, 2.45) is 0 Å². The summed E-state index contributed by atoms with van der Waals surface area (Å²) >= 11 is 5.85. The Morgan fingerprint density at radius 2 is 2.11 bits per heavy atom. The van der Waals surface area contributed by atoms with Gasteiger partial charge >= 0.3 is 0 Å². The molecule has 1 amide bonds. The standard InChI is InChI=1S/C13H11ClFN3O/c1-16-12-7-17-5-4-9(12)13(19)18-11-3-2-8(15)6-10(11)14/h2-7,16H,1H3,(H,18,19). The van der Waals surface area contributed by atoms with E-state index < -0.39 is 5.82 Å². The summed E-state index contributed by atoms with van der Waals surface area (Å²) in [6, 6.07) is 5.37. The molecule has 6 heteroatoms. The van der Waals surface area contributed by atoms with E-state index in [0.29, 0.717) is 16.9 Å². The number of pyridine rings is 1. The second kappa shape index (κ2) is 5.67. The Kier molecular flexibility index (Phi) is 3.97. The molecule has 2 aromatic rings. The van der Waals surface area contributed by atoms with Gasteiger partial charge in [0.25, 0.3) is 5.91 Å². The number of hydrogen-bond donors (Lipinski definition) is 2. The minimum absolute atomic E-state index is 0.147. The van der Waals surface area contributed by atoms with Crippen LogP contribution in [-0.4, -0.2) is 17.9 Å². The average Bonchev–Trinajstić information content (AvgIpc) is 2.41. The summed E-state index contributed by atoms with van der Waals surface area (Å²) in [4.78, 5) is 16.0. The number of carbonyl (C=O) groups excluding carboxylic acids is 1. The normalized spacial score (nSPS) is 10.1. The van der Waals surface area contributed by atoms with E-state index in [1.54, 1.807) is 19.3 Å². The third-order valence-corrected chi connectivity index (χ3v) is 2.83. The van der Waals surface area contributed by atoms with Crippen LogP contribution in [0.25, 0.3) is 0 Å². The number of carbonyl (C=O) groups is 1. The molecule has 0 atom stereocenters. The molecule has 0 saturated carbocycles. The number of benzene rings is 1. The monoisotopic (exact) mass is 279 g/mol. The van der Waals surface area contributed by atoms with Crippen LogP contribution in [0.1, 0.15) is 10.4 Å². The molecular formula is C13H11ClFN3O. The molecule has 1 aromatic carbocycles. The van der Waals surface area contributed by atoms with E-state index >= 15 is 0 Å². The lowest BCUT2D eigenvalue weighted by Crippen LogP contribution is -2.14. The van der Waals surface area contributed by atoms with Gasteiger partial charge in [0.2, 0.25) is 0 Å². The van der Waals surface area contributed by atoms with Crippen LogP contribution in [-0.2, 0) is 0 Å². The maximum absolute atomic E-state index is 12.9. The number of aromatic nitrogens is 1. The molecule has 4 nitrogen and oxygen atoms in total. The van der Waals surface area contributed by atoms with Crippen LogP contribution in [0.4, 0.5) is 15.8 Å². The number of nitrogens with zero attached hydrogens (tertiary/aromatic N) is 1. The smallest absolute Gasteiger partial charge is 0.257 e. The first-order valence-electron chi connectivity index (χ1n) is 5.50. The summed E-state index contributed by atoms with van der Waals surface area (Å²) in [6.07, 6.45) is 3.06. The topological polar surface area (TPSA) is 54.0 Å². The van der Waals surface area contributed by atoms with Gasteiger partial charge in [-0.15, -0.1) is 0 Å². The molecule has 2 N–H and O–H groups in total. The third kappa shape index (κ3) is 3.00. The zero-order valence-electron chi connectivity index (χ0n) is 10.1. The Morgan fingerprint density at radius 3 is 2.79 bits per heavy atom. The highest BCUT2D eigenvalue weighted by Gasteiger charge is 2.12. The highest BCUT2D eigenvalue weighted by Crippen LogP contribution is 2.24. The van der Waals surface area contributed by atoms with Crippen LogP contribution in [0.15, 0.2) is 36.7 Å². The molecule has 0 radical (unpaired) electrons. The molecule has 0 aliphatic rings. The van der Waals surface area contributed by atoms with E-state index in [4.69, 9.17) is 11.6 Å². The highest BCUT2D eigenvalue weighted by molar-refractivity contribution is 6.34. The fraction of sp³-hybridized carbons (Fsp3) is 0.0769. The molecule has 0 bridgehead atoms. The molecule has 1 heterocycles. The van der Waals surface area contributed by atoms with Crippen molar-refractivity contribution in [3.05, 3.63) is 53.1 Å². The zero-order chi connectivity index (χ0) is 13.8. The molecule has 0 saturated heterocycles. The van der Waals surface area contributed by atoms with Gasteiger partial charge in [-0.2, -0.15) is 0 Å². The van der Waals surface area contributed by atoms with E-state index in [9.17, 15) is 9.18 Å². The molecule has 0 spiro atoms. The maximum atomic E-state index is 12.9. The number of amides is 1. The van der Waals surface area contributed by atoms with Gasteiger partial charge in [-0.05, 0) is 24.3 Å². The lowest BCUT2D eigenvalue weighted by Gasteiger charge is -2.10. The minimum atomic E-state index is -0.456. The van der Waals surface area contributed by atoms with Crippen molar-refractivity contribution in [1.82, 2.24) is 4.98 Å². The van der Waals surface area contributed by atoms with E-state index in [0.717, 1.165) is 6.07 Å². The van der Waals surface area contributed by atoms with Crippen molar-refractivity contribution in [1.29, 1.82) is 0 Å². The lowest BCUT2D eigenvalue weighted by atomic mass is 10.2. The Morgan fingerprint density at radius 1 is 1.32 bits per heavy atom. The molecule has 0 aliphatic carbocycles. The van der Waals surface area contributed by atoms with Gasteiger partial charge in [0.15, 0.2) is 0 Å². The number of halogens is 2. The molecule has 98 valence electrons. The Balaban J connectivity index is 2.26. The molecule has 0 aliphatic heterocycles. The SMILES string of the molecule is CNc1cnccc1C(=O)Nc1ccc(F)cc1Cl. The van der Waals surface area contributed by atoms with Crippen molar-refractivity contribution in [2.75, 3.05) is 17.7 Å². The summed E-state index contributed by atoms with van der Waals surface area (Å²) in [5.74, 6) is -0.803. The summed E-state index contributed by atoms with van der Waals surface area (Å²) in [7, 11) is 1.69. The van der Waals surface area contributed by atoms with E-state index in [1.807, 2.05) is 0 Å². The van der Waals surface area contributed by atoms with Crippen molar-refractivity contribution in [3.8, 4) is 0 Å². The van der Waals surface area contributed by atoms with E-state index in [2.05, 4.69) is 15.6 Å². The molecular weight excluding hydrogens is 269 g/mol. The first-order valence-corrected chi connectivity index (χ1v) is 5.88. The van der Waals surface area contributed by atoms with Gasteiger partial charge in [0.05, 0.1) is 28.2 Å². The predicted octanol–water partition coefficient (Wildman–Crippen LogP) is 3.17. The van der Waals surface area contributed by atoms with Crippen molar-refractivity contribution in [2.45, 2.75) is 0 Å². The fourth-order valence-corrected chi connectivity index (χ4v) is 1.79. The van der Waals surface area contributed by atoms with Crippen molar-refractivity contribution in [3.63, 3.8) is 0 Å². The van der Waals surface area contributed by atoms with Crippen molar-refractivity contribution >= 4 is 28.9 Å². The second-order valence-electron chi connectivity index (χ2n) is 3.75. The van der Waals surface area contributed by atoms with Gasteiger partial charge < -0.3 is 10.6 Å². The number of nitrogens with one attached hydrogen (secondary N) is 2. The molecule has 19 heavy (non-hydrogen) atoms. The van der Waals surface area contributed by atoms with Crippen molar-refractivity contribution < 1.29 is 9.18 Å². The first-order chi connectivity index (χ1) is 9.11. The molecule has 1 aromatic heterocycles. The van der Waals surface area contributed by atoms with Crippen LogP contribution in [0, 0.1) is 5.82 Å². The highest BCUT2D eigenvalue weighted by atomic mass is 35.5. The third-order valence-electron chi connectivity index (χ3n) is 2.51. The molecule has 0 fully saturated rings. The largest absolute Gasteiger partial charge is 0.386 e. The van der Waals surface area contributed by atoms with Crippen LogP contribution in [0.2, 0.25) is 5.02 Å². The van der Waals surface area contributed by atoms with E-state index in [1.165, 1.54) is 18.3 Å². The first kappa shape index (κ1) is 13.3. The molecule has 0 unspecified atom stereocenters. The van der Waals surface area contributed by atoms with Crippen LogP contribution in [0.3, 0.4) is 0 Å². The predicted molar refractivity (Wildman–Crippen MR) is 73.1 cm³/mol. The average molecular weight is 280 g/mol. The van der Waals surface area contributed by atoms with Gasteiger partial charge in [0.1, 0.15) is 5.82 Å². The molecule has 2 rings (SSSR count). The minimum Gasteiger partial charge on any atom is -0.386 e. The van der Waals surface area contributed by atoms with Gasteiger partial charge in [-0.1, -0.05) is 11.6 Å². The summed E-state index contributed by atoms with van der Waals surface area (Å²) in [6.45, 7) is 0. The van der Waals surface area contributed by atoms with Gasteiger partial charge in [0, 0.05) is 13.2 Å². The Bertz CT molecular complexity index is 619. The second-order valence-corrected chi connectivity index (χ2v) is 4.16.